The molecule has 0 aliphatic heterocycles. The summed E-state index contributed by atoms with van der Waals surface area (Å²) in [6.07, 6.45) is 0. The summed E-state index contributed by atoms with van der Waals surface area (Å²) in [6.45, 7) is 0. The molecule has 2 rings (SSSR count). The van der Waals surface area contributed by atoms with Gasteiger partial charge in [-0.05, 0) is 36.4 Å². The van der Waals surface area contributed by atoms with Crippen molar-refractivity contribution >= 4 is 11.8 Å². The second kappa shape index (κ2) is 5.82. The van der Waals surface area contributed by atoms with Crippen molar-refractivity contribution in [1.29, 1.82) is 0 Å². The van der Waals surface area contributed by atoms with Crippen LogP contribution in [-0.2, 0) is 9.53 Å². The van der Waals surface area contributed by atoms with E-state index in [0.29, 0.717) is 11.5 Å². The van der Waals surface area contributed by atoms with Gasteiger partial charge >= 0.3 is 5.97 Å². The zero-order valence-corrected chi connectivity index (χ0v) is 10.3. The van der Waals surface area contributed by atoms with E-state index < -0.39 is 11.8 Å². The number of carbonyl (C=O) groups excluding carboxylic acids is 2. The van der Waals surface area contributed by atoms with Crippen LogP contribution in [0.5, 0.6) is 11.5 Å². The van der Waals surface area contributed by atoms with Gasteiger partial charge in [-0.2, -0.15) is 0 Å². The molecule has 2 aromatic carbocycles. The number of methoxy groups -OCH3 is 1. The molecule has 0 fully saturated rings. The van der Waals surface area contributed by atoms with Gasteiger partial charge in [0, 0.05) is 5.56 Å². The Bertz CT molecular complexity index is 573. The van der Waals surface area contributed by atoms with Gasteiger partial charge in [0.05, 0.1) is 7.11 Å². The van der Waals surface area contributed by atoms with E-state index in [9.17, 15) is 9.59 Å². The molecule has 0 aliphatic carbocycles. The number of para-hydroxylation sites is 1. The van der Waals surface area contributed by atoms with Crippen LogP contribution in [0, 0.1) is 0 Å². The summed E-state index contributed by atoms with van der Waals surface area (Å²) < 4.78 is 9.94. The zero-order valence-electron chi connectivity index (χ0n) is 10.3. The van der Waals surface area contributed by atoms with E-state index in [1.54, 1.807) is 12.1 Å². The number of ether oxygens (including phenoxy) is 2. The van der Waals surface area contributed by atoms with Gasteiger partial charge in [-0.15, -0.1) is 0 Å². The first-order chi connectivity index (χ1) is 9.20. The minimum absolute atomic E-state index is 0.271. The van der Waals surface area contributed by atoms with Gasteiger partial charge in [0.15, 0.2) is 0 Å². The molecule has 19 heavy (non-hydrogen) atoms. The lowest BCUT2D eigenvalue weighted by atomic mass is 10.1. The van der Waals surface area contributed by atoms with Gasteiger partial charge in [-0.1, -0.05) is 18.2 Å². The van der Waals surface area contributed by atoms with Crippen LogP contribution < -0.4 is 4.74 Å². The Morgan fingerprint density at radius 2 is 1.42 bits per heavy atom. The number of benzene rings is 2. The van der Waals surface area contributed by atoms with Crippen molar-refractivity contribution in [3.05, 3.63) is 60.2 Å². The van der Waals surface area contributed by atoms with Crippen LogP contribution in [0.25, 0.3) is 0 Å². The highest BCUT2D eigenvalue weighted by Crippen LogP contribution is 2.21. The highest BCUT2D eigenvalue weighted by molar-refractivity contribution is 6.40. The molecule has 2 aromatic rings. The first-order valence-corrected chi connectivity index (χ1v) is 5.66. The lowest BCUT2D eigenvalue weighted by Gasteiger charge is -2.05. The average molecular weight is 256 g/mol. The smallest absolute Gasteiger partial charge is 0.379 e. The van der Waals surface area contributed by atoms with Crippen LogP contribution in [0.4, 0.5) is 0 Å². The number of esters is 1. The SMILES string of the molecule is COC(=O)C(=O)c1ccc(Oc2ccccc2)cc1. The molecule has 0 saturated heterocycles. The topological polar surface area (TPSA) is 52.6 Å². The Morgan fingerprint density at radius 1 is 0.842 bits per heavy atom. The van der Waals surface area contributed by atoms with Crippen LogP contribution in [0.3, 0.4) is 0 Å². The molecule has 0 aliphatic rings. The number of ketones is 1. The molecule has 0 heterocycles. The number of rotatable bonds is 4. The van der Waals surface area contributed by atoms with Crippen molar-refractivity contribution in [3.63, 3.8) is 0 Å². The number of hydrogen-bond donors (Lipinski definition) is 0. The molecule has 96 valence electrons. The van der Waals surface area contributed by atoms with Crippen LogP contribution >= 0.6 is 0 Å². The maximum Gasteiger partial charge on any atom is 0.379 e. The van der Waals surface area contributed by atoms with Crippen LogP contribution in [-0.4, -0.2) is 18.9 Å². The normalized spacial score (nSPS) is 9.74. The molecule has 0 aromatic heterocycles. The Hall–Kier alpha value is -2.62. The third kappa shape index (κ3) is 3.19. The fraction of sp³-hybridized carbons (Fsp3) is 0.0667. The van der Waals surface area contributed by atoms with Gasteiger partial charge in [0.25, 0.3) is 5.78 Å². The van der Waals surface area contributed by atoms with Gasteiger partial charge in [0.1, 0.15) is 11.5 Å². The monoisotopic (exact) mass is 256 g/mol. The molecule has 0 atom stereocenters. The van der Waals surface area contributed by atoms with Crippen LogP contribution in [0.2, 0.25) is 0 Å². The second-order valence-corrected chi connectivity index (χ2v) is 3.76. The molecular formula is C15H12O4. The number of carbonyl (C=O) groups is 2. The summed E-state index contributed by atoms with van der Waals surface area (Å²) in [5.41, 5.74) is 0.271. The van der Waals surface area contributed by atoms with Gasteiger partial charge in [-0.3, -0.25) is 4.79 Å². The highest BCUT2D eigenvalue weighted by Gasteiger charge is 2.16. The van der Waals surface area contributed by atoms with Gasteiger partial charge in [0.2, 0.25) is 0 Å². The Balaban J connectivity index is 2.11. The van der Waals surface area contributed by atoms with Crippen molar-refractivity contribution in [1.82, 2.24) is 0 Å². The molecule has 4 heteroatoms. The third-order valence-corrected chi connectivity index (χ3v) is 2.47. The van der Waals surface area contributed by atoms with E-state index in [-0.39, 0.29) is 5.56 Å². The molecule has 0 N–H and O–H groups in total. The maximum absolute atomic E-state index is 11.5. The van der Waals surface area contributed by atoms with E-state index in [1.807, 2.05) is 30.3 Å². The third-order valence-electron chi connectivity index (χ3n) is 2.47. The highest BCUT2D eigenvalue weighted by atomic mass is 16.5. The Kier molecular flexibility index (Phi) is 3.93. The fourth-order valence-electron chi connectivity index (χ4n) is 1.51. The second-order valence-electron chi connectivity index (χ2n) is 3.76. The Morgan fingerprint density at radius 3 is 2.00 bits per heavy atom. The summed E-state index contributed by atoms with van der Waals surface area (Å²) in [4.78, 5) is 22.6. The lowest BCUT2D eigenvalue weighted by molar-refractivity contribution is -0.135. The van der Waals surface area contributed by atoms with E-state index in [0.717, 1.165) is 0 Å². The Labute approximate surface area is 110 Å². The van der Waals surface area contributed by atoms with Crippen LogP contribution in [0.15, 0.2) is 54.6 Å². The van der Waals surface area contributed by atoms with Crippen molar-refractivity contribution in [2.24, 2.45) is 0 Å². The largest absolute Gasteiger partial charge is 0.463 e. The first-order valence-electron chi connectivity index (χ1n) is 5.66. The molecule has 0 saturated carbocycles. The average Bonchev–Trinajstić information content (AvgIpc) is 2.47. The number of hydrogen-bond acceptors (Lipinski definition) is 4. The van der Waals surface area contributed by atoms with E-state index in [4.69, 9.17) is 4.74 Å². The first kappa shape index (κ1) is 12.8. The van der Waals surface area contributed by atoms with Gasteiger partial charge in [-0.25, -0.2) is 4.79 Å². The molecule has 4 nitrogen and oxygen atoms in total. The molecule has 0 spiro atoms. The van der Waals surface area contributed by atoms with Crippen LogP contribution in [0.1, 0.15) is 10.4 Å². The predicted molar refractivity (Wildman–Crippen MR) is 69.3 cm³/mol. The number of Topliss-reactive ketones (excluding diaryl/α,β-unsaturated/α-hetero) is 1. The quantitative estimate of drug-likeness (QED) is 0.479. The lowest BCUT2D eigenvalue weighted by Crippen LogP contribution is -2.15. The molecule has 0 bridgehead atoms. The summed E-state index contributed by atoms with van der Waals surface area (Å²) in [5.74, 6) is -0.257. The van der Waals surface area contributed by atoms with Crippen molar-refractivity contribution in [2.45, 2.75) is 0 Å². The van der Waals surface area contributed by atoms with Crippen molar-refractivity contribution < 1.29 is 19.1 Å². The summed E-state index contributed by atoms with van der Waals surface area (Å²) in [5, 5.41) is 0. The van der Waals surface area contributed by atoms with Gasteiger partial charge < -0.3 is 9.47 Å². The zero-order chi connectivity index (χ0) is 13.7. The van der Waals surface area contributed by atoms with Crippen molar-refractivity contribution in [2.75, 3.05) is 7.11 Å². The fourth-order valence-corrected chi connectivity index (χ4v) is 1.51. The van der Waals surface area contributed by atoms with E-state index >= 15 is 0 Å². The maximum atomic E-state index is 11.5. The minimum atomic E-state index is -0.878. The molecule has 0 radical (unpaired) electrons. The van der Waals surface area contributed by atoms with E-state index in [2.05, 4.69) is 4.74 Å². The molecule has 0 unspecified atom stereocenters. The summed E-state index contributed by atoms with van der Waals surface area (Å²) in [7, 11) is 1.17. The molecular weight excluding hydrogens is 244 g/mol. The standard InChI is InChI=1S/C15H12O4/c1-18-15(17)14(16)11-7-9-13(10-8-11)19-12-5-3-2-4-6-12/h2-10H,1H3. The summed E-state index contributed by atoms with van der Waals surface area (Å²) in [6, 6.07) is 15.6. The minimum Gasteiger partial charge on any atom is -0.463 e. The summed E-state index contributed by atoms with van der Waals surface area (Å²) >= 11 is 0. The predicted octanol–water partition coefficient (Wildman–Crippen LogP) is 2.83. The van der Waals surface area contributed by atoms with Crippen molar-refractivity contribution in [3.8, 4) is 11.5 Å². The molecule has 0 amide bonds. The van der Waals surface area contributed by atoms with E-state index in [1.165, 1.54) is 19.2 Å².